The molecule has 1 aromatic carbocycles. The van der Waals surface area contributed by atoms with Crippen LogP contribution in [0.25, 0.3) is 21.1 Å². The van der Waals surface area contributed by atoms with Gasteiger partial charge in [-0.25, -0.2) is 9.97 Å². The van der Waals surface area contributed by atoms with Gasteiger partial charge in [0, 0.05) is 41.5 Å². The second-order valence-corrected chi connectivity index (χ2v) is 13.4. The summed E-state index contributed by atoms with van der Waals surface area (Å²) in [4.78, 5) is 27.7. The van der Waals surface area contributed by atoms with Crippen LogP contribution >= 0.6 is 11.3 Å². The third-order valence-electron chi connectivity index (χ3n) is 8.94. The number of anilines is 2. The Morgan fingerprint density at radius 1 is 1.20 bits per heavy atom. The lowest BCUT2D eigenvalue weighted by Crippen LogP contribution is -2.39. The van der Waals surface area contributed by atoms with Crippen molar-refractivity contribution in [2.24, 2.45) is 0 Å². The molecule has 1 unspecified atom stereocenters. The van der Waals surface area contributed by atoms with E-state index in [4.69, 9.17) is 0 Å². The van der Waals surface area contributed by atoms with Crippen LogP contribution in [-0.2, 0) is 30.9 Å². The van der Waals surface area contributed by atoms with Gasteiger partial charge in [-0.05, 0) is 67.3 Å². The SMILES string of the molecule is C=CC(=O)Nc1ccc(C(O)Cn2c(C#N)cc3c(C)c(CN4CCC(Nc5ncnc6sc(CC(F)(F)F)cc56)CC4)ccc32)nc1CO. The second kappa shape index (κ2) is 14.5. The highest BCUT2D eigenvalue weighted by Crippen LogP contribution is 2.34. The first-order valence-corrected chi connectivity index (χ1v) is 16.8. The van der Waals surface area contributed by atoms with Gasteiger partial charge in [0.1, 0.15) is 34.8 Å². The third-order valence-corrected chi connectivity index (χ3v) is 9.99. The Labute approximate surface area is 289 Å². The van der Waals surface area contributed by atoms with Gasteiger partial charge in [0.2, 0.25) is 5.91 Å². The van der Waals surface area contributed by atoms with E-state index in [1.807, 2.05) is 25.1 Å². The molecule has 4 aromatic heterocycles. The van der Waals surface area contributed by atoms with Gasteiger partial charge in [0.25, 0.3) is 0 Å². The molecule has 0 aliphatic carbocycles. The minimum absolute atomic E-state index is 0.0512. The first kappa shape index (κ1) is 35.0. The summed E-state index contributed by atoms with van der Waals surface area (Å²) in [6.45, 7) is 7.36. The molecule has 11 nitrogen and oxygen atoms in total. The van der Waals surface area contributed by atoms with Crippen LogP contribution in [0.5, 0.6) is 0 Å². The molecule has 50 heavy (non-hydrogen) atoms. The van der Waals surface area contributed by atoms with Crippen molar-refractivity contribution in [1.29, 1.82) is 5.26 Å². The molecule has 15 heteroatoms. The number of carbonyl (C=O) groups is 1. The second-order valence-electron chi connectivity index (χ2n) is 12.3. The molecule has 5 heterocycles. The average molecular weight is 705 g/mol. The van der Waals surface area contributed by atoms with Crippen LogP contribution in [0.4, 0.5) is 24.7 Å². The molecule has 0 radical (unpaired) electrons. The summed E-state index contributed by atoms with van der Waals surface area (Å²) < 4.78 is 40.6. The highest BCUT2D eigenvalue weighted by atomic mass is 32.1. The fourth-order valence-corrected chi connectivity index (χ4v) is 7.37. The molecule has 260 valence electrons. The predicted molar refractivity (Wildman–Crippen MR) is 184 cm³/mol. The number of pyridine rings is 1. The summed E-state index contributed by atoms with van der Waals surface area (Å²) in [5.41, 5.74) is 4.13. The van der Waals surface area contributed by atoms with E-state index >= 15 is 0 Å². The number of alkyl halides is 3. The zero-order valence-corrected chi connectivity index (χ0v) is 28.0. The molecule has 5 aromatic rings. The van der Waals surface area contributed by atoms with Crippen molar-refractivity contribution in [1.82, 2.24) is 24.4 Å². The Morgan fingerprint density at radius 3 is 2.68 bits per heavy atom. The molecule has 0 spiro atoms. The van der Waals surface area contributed by atoms with Crippen LogP contribution in [0.15, 0.2) is 55.4 Å². The number of aliphatic hydroxyl groups excluding tert-OH is 2. The van der Waals surface area contributed by atoms with Gasteiger partial charge in [-0.15, -0.1) is 11.3 Å². The number of benzene rings is 1. The molecular weight excluding hydrogens is 669 g/mol. The van der Waals surface area contributed by atoms with Gasteiger partial charge in [-0.1, -0.05) is 12.6 Å². The number of nitrogens with one attached hydrogen (secondary N) is 2. The molecule has 4 N–H and O–H groups in total. The van der Waals surface area contributed by atoms with Crippen LogP contribution < -0.4 is 10.6 Å². The van der Waals surface area contributed by atoms with E-state index in [1.165, 1.54) is 12.4 Å². The summed E-state index contributed by atoms with van der Waals surface area (Å²) in [5.74, 6) is 0.106. The zero-order valence-electron chi connectivity index (χ0n) is 27.2. The normalized spacial score (nSPS) is 14.9. The number of rotatable bonds is 11. The monoisotopic (exact) mass is 704 g/mol. The number of likely N-dealkylation sites (tertiary alicyclic amines) is 1. The lowest BCUT2D eigenvalue weighted by molar-refractivity contribution is -0.126. The minimum Gasteiger partial charge on any atom is -0.390 e. The summed E-state index contributed by atoms with van der Waals surface area (Å²) in [6, 6.07) is 12.8. The Bertz CT molecular complexity index is 2100. The number of fused-ring (bicyclic) bond motifs is 2. The molecule has 1 amide bonds. The number of piperidine rings is 1. The Morgan fingerprint density at radius 2 is 1.98 bits per heavy atom. The van der Waals surface area contributed by atoms with E-state index in [0.29, 0.717) is 34.0 Å². The van der Waals surface area contributed by atoms with Gasteiger partial charge in [0.05, 0.1) is 42.0 Å². The molecule has 1 atom stereocenters. The fraction of sp³-hybridized carbons (Fsp3) is 0.343. The van der Waals surface area contributed by atoms with Crippen molar-refractivity contribution >= 4 is 49.9 Å². The highest BCUT2D eigenvalue weighted by molar-refractivity contribution is 7.18. The summed E-state index contributed by atoms with van der Waals surface area (Å²) in [7, 11) is 0. The van der Waals surface area contributed by atoms with Crippen LogP contribution in [0.2, 0.25) is 0 Å². The van der Waals surface area contributed by atoms with E-state index in [9.17, 15) is 33.4 Å². The number of carbonyl (C=O) groups excluding carboxylic acids is 1. The summed E-state index contributed by atoms with van der Waals surface area (Å²) in [5, 5.41) is 38.4. The summed E-state index contributed by atoms with van der Waals surface area (Å²) >= 11 is 1.04. The largest absolute Gasteiger partial charge is 0.393 e. The van der Waals surface area contributed by atoms with Crippen molar-refractivity contribution in [2.45, 2.75) is 64.2 Å². The van der Waals surface area contributed by atoms with Crippen molar-refractivity contribution in [3.8, 4) is 6.07 Å². The van der Waals surface area contributed by atoms with Gasteiger partial charge >= 0.3 is 6.18 Å². The standard InChI is InChI=1S/C35H35F3N8O3S/c1-3-32(49)44-27-5-6-28(43-29(27)18-47)31(48)17-46-23(15-39)12-25-20(2)21(4-7-30(25)46)16-45-10-8-22(9-11-45)42-33-26-13-24(14-35(36,37)38)50-34(26)41-19-40-33/h3-7,12-13,19,22,31,47-48H,1,8-11,14,16-18H2,2H3,(H,44,49)(H,40,41,42). The molecule has 0 saturated carbocycles. The fourth-order valence-electron chi connectivity index (χ4n) is 6.35. The number of nitriles is 1. The van der Waals surface area contributed by atoms with Crippen LogP contribution in [0, 0.1) is 18.3 Å². The Balaban J connectivity index is 1.12. The smallest absolute Gasteiger partial charge is 0.390 e. The van der Waals surface area contributed by atoms with Crippen molar-refractivity contribution in [2.75, 3.05) is 23.7 Å². The van der Waals surface area contributed by atoms with Crippen molar-refractivity contribution < 1.29 is 28.2 Å². The first-order chi connectivity index (χ1) is 24.0. The van der Waals surface area contributed by atoms with E-state index < -0.39 is 31.2 Å². The van der Waals surface area contributed by atoms with E-state index in [0.717, 1.165) is 65.4 Å². The van der Waals surface area contributed by atoms with Crippen LogP contribution in [0.1, 0.15) is 52.0 Å². The molecular formula is C35H35F3N8O3S. The maximum Gasteiger partial charge on any atom is 0.393 e. The molecule has 1 saturated heterocycles. The maximum atomic E-state index is 13.0. The van der Waals surface area contributed by atoms with Gasteiger partial charge in [-0.2, -0.15) is 18.4 Å². The molecule has 6 rings (SSSR count). The first-order valence-electron chi connectivity index (χ1n) is 16.0. The van der Waals surface area contributed by atoms with Crippen molar-refractivity contribution in [3.63, 3.8) is 0 Å². The number of aliphatic hydroxyl groups is 2. The van der Waals surface area contributed by atoms with Gasteiger partial charge in [-0.3, -0.25) is 14.7 Å². The molecule has 1 fully saturated rings. The number of hydrogen-bond acceptors (Lipinski definition) is 10. The molecule has 1 aliphatic rings. The number of halogens is 3. The average Bonchev–Trinajstić information content (AvgIpc) is 3.67. The van der Waals surface area contributed by atoms with Crippen molar-refractivity contribution in [3.05, 3.63) is 88.5 Å². The van der Waals surface area contributed by atoms with E-state index in [-0.39, 0.29) is 28.9 Å². The number of amides is 1. The number of hydrogen-bond donors (Lipinski definition) is 4. The van der Waals surface area contributed by atoms with Crippen LogP contribution in [0.3, 0.4) is 0 Å². The summed E-state index contributed by atoms with van der Waals surface area (Å²) in [6.07, 6.45) is -2.23. The minimum atomic E-state index is -4.28. The Hall–Kier alpha value is -4.88. The highest BCUT2D eigenvalue weighted by Gasteiger charge is 2.29. The van der Waals surface area contributed by atoms with Gasteiger partial charge in [0.15, 0.2) is 0 Å². The van der Waals surface area contributed by atoms with Gasteiger partial charge < -0.3 is 25.4 Å². The lowest BCUT2D eigenvalue weighted by atomic mass is 10.0. The lowest BCUT2D eigenvalue weighted by Gasteiger charge is -2.33. The third kappa shape index (κ3) is 7.63. The number of nitrogens with zero attached hydrogens (tertiary/aromatic N) is 6. The van der Waals surface area contributed by atoms with E-state index in [1.54, 1.807) is 16.7 Å². The molecule has 1 aliphatic heterocycles. The zero-order chi connectivity index (χ0) is 35.6. The number of aromatic nitrogens is 4. The number of aryl methyl sites for hydroxylation is 1. The van der Waals surface area contributed by atoms with Crippen LogP contribution in [-0.4, -0.2) is 65.8 Å². The maximum absolute atomic E-state index is 13.0. The predicted octanol–water partition coefficient (Wildman–Crippen LogP) is 5.75. The Kier molecular flexibility index (Phi) is 10.2. The number of thiophene rings is 1. The quantitative estimate of drug-likeness (QED) is 0.126. The van der Waals surface area contributed by atoms with E-state index in [2.05, 4.69) is 43.1 Å². The molecule has 0 bridgehead atoms. The topological polar surface area (TPSA) is 152 Å².